The first-order chi connectivity index (χ1) is 14.6. The molecule has 1 saturated carbocycles. The highest BCUT2D eigenvalue weighted by Gasteiger charge is 2.42. The highest BCUT2D eigenvalue weighted by atomic mass is 19.4. The Bertz CT molecular complexity index is 776. The Balaban J connectivity index is 1.97. The molecular formula is C21H31F3N4O3. The van der Waals surface area contributed by atoms with Gasteiger partial charge in [0.25, 0.3) is 0 Å². The van der Waals surface area contributed by atoms with E-state index in [0.717, 1.165) is 31.2 Å². The van der Waals surface area contributed by atoms with Gasteiger partial charge in [-0.3, -0.25) is 9.79 Å². The van der Waals surface area contributed by atoms with Crippen molar-refractivity contribution in [2.45, 2.75) is 38.4 Å². The quantitative estimate of drug-likeness (QED) is 0.476. The molecule has 174 valence electrons. The molecular weight excluding hydrogens is 413 g/mol. The standard InChI is InChI=1S/C21H31F3N4O3/c1-25-19(27-13-20(9-5-6-10-20)18(29)28(2)3)26-12-15-7-8-16(17(11-15)30-4)31-14-21(22,23)24/h7-8,11H,5-6,9-10,12-14H2,1-4H3,(H2,25,26,27). The molecule has 0 spiro atoms. The third-order valence-corrected chi connectivity index (χ3v) is 5.32. The summed E-state index contributed by atoms with van der Waals surface area (Å²) >= 11 is 0. The monoisotopic (exact) mass is 444 g/mol. The van der Waals surface area contributed by atoms with E-state index < -0.39 is 18.2 Å². The molecule has 0 aliphatic heterocycles. The fraction of sp³-hybridized carbons (Fsp3) is 0.619. The van der Waals surface area contributed by atoms with Crippen molar-refractivity contribution in [3.05, 3.63) is 23.8 Å². The molecule has 0 atom stereocenters. The SMILES string of the molecule is CN=C(NCc1ccc(OCC(F)(F)F)c(OC)c1)NCC1(C(=O)N(C)C)CCCC1. The van der Waals surface area contributed by atoms with Gasteiger partial charge >= 0.3 is 6.18 Å². The summed E-state index contributed by atoms with van der Waals surface area (Å²) in [6, 6.07) is 4.71. The fourth-order valence-electron chi connectivity index (χ4n) is 3.75. The Morgan fingerprint density at radius 2 is 1.87 bits per heavy atom. The number of aliphatic imine (C=N–C) groups is 1. The van der Waals surface area contributed by atoms with Gasteiger partial charge in [0, 0.05) is 34.2 Å². The highest BCUT2D eigenvalue weighted by Crippen LogP contribution is 2.39. The van der Waals surface area contributed by atoms with E-state index in [1.165, 1.54) is 13.2 Å². The van der Waals surface area contributed by atoms with Crippen molar-refractivity contribution in [3.8, 4) is 11.5 Å². The molecule has 1 amide bonds. The number of nitrogens with one attached hydrogen (secondary N) is 2. The Morgan fingerprint density at radius 1 is 1.19 bits per heavy atom. The van der Waals surface area contributed by atoms with Crippen LogP contribution in [-0.2, 0) is 11.3 Å². The average molecular weight is 444 g/mol. The minimum Gasteiger partial charge on any atom is -0.493 e. The normalized spacial score (nSPS) is 16.0. The molecule has 0 bridgehead atoms. The molecule has 1 aromatic carbocycles. The van der Waals surface area contributed by atoms with Gasteiger partial charge in [0.15, 0.2) is 24.1 Å². The lowest BCUT2D eigenvalue weighted by Gasteiger charge is -2.31. The second-order valence-corrected chi connectivity index (χ2v) is 7.86. The number of benzene rings is 1. The lowest BCUT2D eigenvalue weighted by atomic mass is 9.84. The first-order valence-corrected chi connectivity index (χ1v) is 10.1. The van der Waals surface area contributed by atoms with E-state index in [9.17, 15) is 18.0 Å². The molecule has 1 aliphatic rings. The van der Waals surface area contributed by atoms with Crippen LogP contribution in [-0.4, -0.2) is 64.3 Å². The number of methoxy groups -OCH3 is 1. The molecule has 2 rings (SSSR count). The van der Waals surface area contributed by atoms with Crippen molar-refractivity contribution in [2.24, 2.45) is 10.4 Å². The summed E-state index contributed by atoms with van der Waals surface area (Å²) in [6.45, 7) is -0.535. The van der Waals surface area contributed by atoms with E-state index in [1.807, 2.05) is 0 Å². The molecule has 0 saturated heterocycles. The van der Waals surface area contributed by atoms with Crippen LogP contribution in [0.4, 0.5) is 13.2 Å². The molecule has 0 unspecified atom stereocenters. The number of hydrogen-bond acceptors (Lipinski definition) is 4. The third-order valence-electron chi connectivity index (χ3n) is 5.32. The molecule has 2 N–H and O–H groups in total. The fourth-order valence-corrected chi connectivity index (χ4v) is 3.75. The lowest BCUT2D eigenvalue weighted by molar-refractivity contribution is -0.153. The Morgan fingerprint density at radius 3 is 2.42 bits per heavy atom. The maximum absolute atomic E-state index is 12.7. The minimum atomic E-state index is -4.42. The predicted octanol–water partition coefficient (Wildman–Crippen LogP) is 2.95. The molecule has 0 aromatic heterocycles. The van der Waals surface area contributed by atoms with Crippen molar-refractivity contribution in [2.75, 3.05) is 41.4 Å². The van der Waals surface area contributed by atoms with Gasteiger partial charge in [-0.15, -0.1) is 0 Å². The van der Waals surface area contributed by atoms with Crippen molar-refractivity contribution in [3.63, 3.8) is 0 Å². The molecule has 7 nitrogen and oxygen atoms in total. The van der Waals surface area contributed by atoms with Crippen LogP contribution in [0, 0.1) is 5.41 Å². The number of carbonyl (C=O) groups excluding carboxylic acids is 1. The van der Waals surface area contributed by atoms with Crippen LogP contribution in [0.25, 0.3) is 0 Å². The summed E-state index contributed by atoms with van der Waals surface area (Å²) in [6.07, 6.45) is -0.699. The van der Waals surface area contributed by atoms with Crippen LogP contribution in [0.5, 0.6) is 11.5 Å². The number of halogens is 3. The van der Waals surface area contributed by atoms with Gasteiger partial charge < -0.3 is 25.0 Å². The van der Waals surface area contributed by atoms with E-state index in [-0.39, 0.29) is 17.4 Å². The Labute approximate surface area is 181 Å². The van der Waals surface area contributed by atoms with Gasteiger partial charge in [0.05, 0.1) is 12.5 Å². The molecule has 10 heteroatoms. The lowest BCUT2D eigenvalue weighted by Crippen LogP contribution is -2.49. The van der Waals surface area contributed by atoms with Gasteiger partial charge in [0.2, 0.25) is 5.91 Å². The Kier molecular flexibility index (Phi) is 8.41. The average Bonchev–Trinajstić information content (AvgIpc) is 3.21. The zero-order chi connectivity index (χ0) is 23.1. The maximum Gasteiger partial charge on any atom is 0.422 e. The van der Waals surface area contributed by atoms with Gasteiger partial charge in [-0.1, -0.05) is 18.9 Å². The first kappa shape index (κ1) is 24.6. The number of guanidine groups is 1. The summed E-state index contributed by atoms with van der Waals surface area (Å²) in [5.41, 5.74) is 0.348. The number of amides is 1. The Hall–Kier alpha value is -2.65. The maximum atomic E-state index is 12.7. The zero-order valence-corrected chi connectivity index (χ0v) is 18.4. The van der Waals surface area contributed by atoms with E-state index in [0.29, 0.717) is 19.0 Å². The number of carbonyl (C=O) groups is 1. The molecule has 0 radical (unpaired) electrons. The topological polar surface area (TPSA) is 75.2 Å². The predicted molar refractivity (Wildman–Crippen MR) is 112 cm³/mol. The minimum absolute atomic E-state index is 0.0245. The summed E-state index contributed by atoms with van der Waals surface area (Å²) in [5.74, 6) is 0.894. The van der Waals surface area contributed by atoms with Crippen LogP contribution in [0.1, 0.15) is 31.2 Å². The summed E-state index contributed by atoms with van der Waals surface area (Å²) in [4.78, 5) is 18.5. The number of hydrogen-bond donors (Lipinski definition) is 2. The number of rotatable bonds is 8. The second-order valence-electron chi connectivity index (χ2n) is 7.86. The van der Waals surface area contributed by atoms with Gasteiger partial charge in [-0.2, -0.15) is 13.2 Å². The van der Waals surface area contributed by atoms with Crippen molar-refractivity contribution in [1.82, 2.24) is 15.5 Å². The van der Waals surface area contributed by atoms with Crippen LogP contribution in [0.3, 0.4) is 0 Å². The summed E-state index contributed by atoms with van der Waals surface area (Å²) in [7, 11) is 6.55. The van der Waals surface area contributed by atoms with E-state index in [1.54, 1.807) is 38.2 Å². The van der Waals surface area contributed by atoms with Gasteiger partial charge in [0.1, 0.15) is 0 Å². The van der Waals surface area contributed by atoms with E-state index >= 15 is 0 Å². The van der Waals surface area contributed by atoms with E-state index in [4.69, 9.17) is 9.47 Å². The zero-order valence-electron chi connectivity index (χ0n) is 18.4. The molecule has 1 fully saturated rings. The molecule has 1 aliphatic carbocycles. The summed E-state index contributed by atoms with van der Waals surface area (Å²) < 4.78 is 47.1. The van der Waals surface area contributed by atoms with Gasteiger partial charge in [-0.25, -0.2) is 0 Å². The van der Waals surface area contributed by atoms with Crippen LogP contribution in [0.2, 0.25) is 0 Å². The largest absolute Gasteiger partial charge is 0.493 e. The van der Waals surface area contributed by atoms with Gasteiger partial charge in [-0.05, 0) is 30.5 Å². The smallest absolute Gasteiger partial charge is 0.422 e. The molecule has 0 heterocycles. The summed E-state index contributed by atoms with van der Waals surface area (Å²) in [5, 5.41) is 6.41. The molecule has 1 aromatic rings. The highest BCUT2D eigenvalue weighted by molar-refractivity contribution is 5.85. The number of alkyl halides is 3. The number of nitrogens with zero attached hydrogens (tertiary/aromatic N) is 2. The number of ether oxygens (including phenoxy) is 2. The van der Waals surface area contributed by atoms with Crippen LogP contribution in [0.15, 0.2) is 23.2 Å². The first-order valence-electron chi connectivity index (χ1n) is 10.1. The third kappa shape index (κ3) is 6.93. The van der Waals surface area contributed by atoms with Crippen molar-refractivity contribution >= 4 is 11.9 Å². The van der Waals surface area contributed by atoms with Crippen LogP contribution < -0.4 is 20.1 Å². The second kappa shape index (κ2) is 10.6. The van der Waals surface area contributed by atoms with Crippen molar-refractivity contribution < 1.29 is 27.4 Å². The van der Waals surface area contributed by atoms with E-state index in [2.05, 4.69) is 15.6 Å². The molecule has 31 heavy (non-hydrogen) atoms. The van der Waals surface area contributed by atoms with Crippen LogP contribution >= 0.6 is 0 Å². The van der Waals surface area contributed by atoms with Crippen molar-refractivity contribution in [1.29, 1.82) is 0 Å².